The average Bonchev–Trinajstić information content (AvgIpc) is 2.76. The predicted octanol–water partition coefficient (Wildman–Crippen LogP) is 3.47. The zero-order valence-corrected chi connectivity index (χ0v) is 11.1. The van der Waals surface area contributed by atoms with E-state index in [4.69, 9.17) is 9.68 Å². The molecule has 4 nitrogen and oxygen atoms in total. The van der Waals surface area contributed by atoms with Crippen molar-refractivity contribution in [2.45, 2.75) is 6.92 Å². The summed E-state index contributed by atoms with van der Waals surface area (Å²) in [5.41, 5.74) is 0.848. The number of amides is 1. The van der Waals surface area contributed by atoms with Crippen molar-refractivity contribution < 1.29 is 9.21 Å². The maximum atomic E-state index is 11.9. The van der Waals surface area contributed by atoms with Crippen LogP contribution in [0.25, 0.3) is 0 Å². The molecule has 0 bridgehead atoms. The highest BCUT2D eigenvalue weighted by atomic mass is 79.9. The lowest BCUT2D eigenvalue weighted by molar-refractivity contribution is 0.0995. The Morgan fingerprint density at radius 3 is 2.78 bits per heavy atom. The Kier molecular flexibility index (Phi) is 3.49. The van der Waals surface area contributed by atoms with Gasteiger partial charge in [-0.1, -0.05) is 15.9 Å². The van der Waals surface area contributed by atoms with Gasteiger partial charge < -0.3 is 9.73 Å². The number of furan rings is 1. The first kappa shape index (κ1) is 12.4. The quantitative estimate of drug-likeness (QED) is 0.923. The molecular formula is C13H9BrN2O2. The molecule has 0 saturated heterocycles. The molecule has 5 heteroatoms. The lowest BCUT2D eigenvalue weighted by Crippen LogP contribution is -2.11. The van der Waals surface area contributed by atoms with Gasteiger partial charge in [-0.3, -0.25) is 4.79 Å². The summed E-state index contributed by atoms with van der Waals surface area (Å²) in [6.07, 6.45) is 0. The van der Waals surface area contributed by atoms with Crippen molar-refractivity contribution in [3.8, 4) is 6.07 Å². The van der Waals surface area contributed by atoms with E-state index in [0.717, 1.165) is 4.47 Å². The van der Waals surface area contributed by atoms with Crippen LogP contribution in [0, 0.1) is 18.3 Å². The van der Waals surface area contributed by atoms with Crippen LogP contribution < -0.4 is 5.32 Å². The molecule has 1 amide bonds. The van der Waals surface area contributed by atoms with Crippen molar-refractivity contribution in [2.24, 2.45) is 0 Å². The molecule has 0 radical (unpaired) electrons. The van der Waals surface area contributed by atoms with Gasteiger partial charge in [0, 0.05) is 4.47 Å². The van der Waals surface area contributed by atoms with Gasteiger partial charge in [0.2, 0.25) is 0 Å². The molecule has 0 aliphatic rings. The van der Waals surface area contributed by atoms with E-state index in [9.17, 15) is 4.79 Å². The third-order valence-electron chi connectivity index (χ3n) is 2.31. The fourth-order valence-electron chi connectivity index (χ4n) is 1.46. The second-order valence-electron chi connectivity index (χ2n) is 3.67. The fraction of sp³-hybridized carbons (Fsp3) is 0.0769. The van der Waals surface area contributed by atoms with Gasteiger partial charge in [0.25, 0.3) is 5.91 Å². The first-order chi connectivity index (χ1) is 8.60. The molecule has 0 spiro atoms. The molecule has 0 aliphatic carbocycles. The molecule has 18 heavy (non-hydrogen) atoms. The number of anilines is 1. The normalized spacial score (nSPS) is 9.83. The number of halogens is 1. The van der Waals surface area contributed by atoms with Gasteiger partial charge in [0.1, 0.15) is 11.8 Å². The van der Waals surface area contributed by atoms with E-state index >= 15 is 0 Å². The van der Waals surface area contributed by atoms with Crippen LogP contribution in [-0.4, -0.2) is 5.91 Å². The standard InChI is InChI=1S/C13H9BrN2O2/c1-8-2-5-12(18-8)13(17)16-11-6-10(14)4-3-9(11)7-15/h2-6H,1H3,(H,16,17). The average molecular weight is 305 g/mol. The number of rotatable bonds is 2. The van der Waals surface area contributed by atoms with Crippen LogP contribution in [0.1, 0.15) is 21.9 Å². The number of hydrogen-bond acceptors (Lipinski definition) is 3. The third-order valence-corrected chi connectivity index (χ3v) is 2.81. The Labute approximate surface area is 112 Å². The van der Waals surface area contributed by atoms with Crippen molar-refractivity contribution in [3.63, 3.8) is 0 Å². The summed E-state index contributed by atoms with van der Waals surface area (Å²) in [7, 11) is 0. The molecule has 0 atom stereocenters. The predicted molar refractivity (Wildman–Crippen MR) is 70.3 cm³/mol. The monoisotopic (exact) mass is 304 g/mol. The Hall–Kier alpha value is -2.06. The second kappa shape index (κ2) is 5.07. The number of carbonyl (C=O) groups is 1. The number of nitrogens with zero attached hydrogens (tertiary/aromatic N) is 1. The summed E-state index contributed by atoms with van der Waals surface area (Å²) in [4.78, 5) is 11.9. The van der Waals surface area contributed by atoms with Crippen LogP contribution in [0.3, 0.4) is 0 Å². The molecule has 2 rings (SSSR count). The topological polar surface area (TPSA) is 66.0 Å². The van der Waals surface area contributed by atoms with E-state index in [-0.39, 0.29) is 11.7 Å². The van der Waals surface area contributed by atoms with Gasteiger partial charge in [-0.2, -0.15) is 5.26 Å². The molecule has 1 N–H and O–H groups in total. The summed E-state index contributed by atoms with van der Waals surface area (Å²) in [5.74, 6) is 0.504. The highest BCUT2D eigenvalue weighted by Gasteiger charge is 2.12. The summed E-state index contributed by atoms with van der Waals surface area (Å²) in [5, 5.41) is 11.6. The number of aryl methyl sites for hydroxylation is 1. The number of hydrogen-bond donors (Lipinski definition) is 1. The van der Waals surface area contributed by atoms with E-state index in [1.807, 2.05) is 6.07 Å². The van der Waals surface area contributed by atoms with Gasteiger partial charge in [0.15, 0.2) is 5.76 Å². The SMILES string of the molecule is Cc1ccc(C(=O)Nc2cc(Br)ccc2C#N)o1. The van der Waals surface area contributed by atoms with Gasteiger partial charge in [-0.25, -0.2) is 0 Å². The molecule has 0 fully saturated rings. The summed E-state index contributed by atoms with van der Waals surface area (Å²) >= 11 is 3.29. The first-order valence-corrected chi connectivity index (χ1v) is 5.97. The van der Waals surface area contributed by atoms with E-state index in [2.05, 4.69) is 21.2 Å². The Morgan fingerprint density at radius 1 is 1.39 bits per heavy atom. The molecule has 1 aromatic heterocycles. The highest BCUT2D eigenvalue weighted by molar-refractivity contribution is 9.10. The zero-order chi connectivity index (χ0) is 13.1. The van der Waals surface area contributed by atoms with Crippen molar-refractivity contribution >= 4 is 27.5 Å². The van der Waals surface area contributed by atoms with Crippen molar-refractivity contribution in [1.29, 1.82) is 5.26 Å². The summed E-state index contributed by atoms with van der Waals surface area (Å²) < 4.78 is 6.00. The van der Waals surface area contributed by atoms with Crippen LogP contribution in [0.2, 0.25) is 0 Å². The van der Waals surface area contributed by atoms with E-state index in [0.29, 0.717) is 17.0 Å². The van der Waals surface area contributed by atoms with Gasteiger partial charge >= 0.3 is 0 Å². The summed E-state index contributed by atoms with van der Waals surface area (Å²) in [6, 6.07) is 10.4. The van der Waals surface area contributed by atoms with Gasteiger partial charge in [0.05, 0.1) is 11.3 Å². The minimum atomic E-state index is -0.377. The van der Waals surface area contributed by atoms with E-state index in [1.165, 1.54) is 0 Å². The molecule has 0 saturated carbocycles. The molecule has 90 valence electrons. The van der Waals surface area contributed by atoms with Crippen molar-refractivity contribution in [2.75, 3.05) is 5.32 Å². The zero-order valence-electron chi connectivity index (χ0n) is 9.53. The minimum Gasteiger partial charge on any atom is -0.456 e. The van der Waals surface area contributed by atoms with Crippen LogP contribution in [0.15, 0.2) is 39.2 Å². The number of nitriles is 1. The lowest BCUT2D eigenvalue weighted by Gasteiger charge is -2.05. The largest absolute Gasteiger partial charge is 0.456 e. The fourth-order valence-corrected chi connectivity index (χ4v) is 1.82. The Balaban J connectivity index is 2.27. The first-order valence-electron chi connectivity index (χ1n) is 5.17. The van der Waals surface area contributed by atoms with Crippen LogP contribution >= 0.6 is 15.9 Å². The molecule has 0 unspecified atom stereocenters. The maximum Gasteiger partial charge on any atom is 0.291 e. The van der Waals surface area contributed by atoms with Crippen molar-refractivity contribution in [1.82, 2.24) is 0 Å². The summed E-state index contributed by atoms with van der Waals surface area (Å²) in [6.45, 7) is 1.76. The van der Waals surface area contributed by atoms with E-state index in [1.54, 1.807) is 37.3 Å². The van der Waals surface area contributed by atoms with Crippen LogP contribution in [0.5, 0.6) is 0 Å². The highest BCUT2D eigenvalue weighted by Crippen LogP contribution is 2.21. The molecular weight excluding hydrogens is 296 g/mol. The third kappa shape index (κ3) is 2.60. The lowest BCUT2D eigenvalue weighted by atomic mass is 10.2. The smallest absolute Gasteiger partial charge is 0.291 e. The molecule has 1 aromatic carbocycles. The Morgan fingerprint density at radius 2 is 2.17 bits per heavy atom. The molecule has 2 aromatic rings. The van der Waals surface area contributed by atoms with E-state index < -0.39 is 0 Å². The molecule has 0 aliphatic heterocycles. The van der Waals surface area contributed by atoms with Crippen LogP contribution in [0.4, 0.5) is 5.69 Å². The van der Waals surface area contributed by atoms with Crippen molar-refractivity contribution in [3.05, 3.63) is 51.9 Å². The van der Waals surface area contributed by atoms with Gasteiger partial charge in [-0.15, -0.1) is 0 Å². The van der Waals surface area contributed by atoms with Gasteiger partial charge in [-0.05, 0) is 37.3 Å². The Bertz CT molecular complexity index is 641. The second-order valence-corrected chi connectivity index (χ2v) is 4.58. The maximum absolute atomic E-state index is 11.9. The number of benzene rings is 1. The minimum absolute atomic E-state index is 0.219. The van der Waals surface area contributed by atoms with Crippen LogP contribution in [-0.2, 0) is 0 Å². The number of nitrogens with one attached hydrogen (secondary N) is 1. The number of carbonyl (C=O) groups excluding carboxylic acids is 1. The molecule has 1 heterocycles.